The van der Waals surface area contributed by atoms with Crippen molar-refractivity contribution in [2.24, 2.45) is 0 Å². The van der Waals surface area contributed by atoms with E-state index in [9.17, 15) is 0 Å². The summed E-state index contributed by atoms with van der Waals surface area (Å²) in [5, 5.41) is 0.477. The molecule has 0 N–H and O–H groups in total. The Morgan fingerprint density at radius 1 is 1.43 bits per heavy atom. The minimum absolute atomic E-state index is 0.0441. The Labute approximate surface area is 89.5 Å². The molecule has 0 radical (unpaired) electrons. The molecule has 1 aromatic heterocycles. The molecule has 78 valence electrons. The zero-order valence-electron chi connectivity index (χ0n) is 8.75. The summed E-state index contributed by atoms with van der Waals surface area (Å²) >= 11 is 5.84. The molecule has 4 heteroatoms. The van der Waals surface area contributed by atoms with Crippen molar-refractivity contribution in [2.45, 2.75) is 33.3 Å². The summed E-state index contributed by atoms with van der Waals surface area (Å²) in [6, 6.07) is 1.74. The molecule has 1 rings (SSSR count). The molecular weight excluding hydrogens is 200 g/mol. The van der Waals surface area contributed by atoms with Crippen LogP contribution in [0.4, 0.5) is 0 Å². The summed E-state index contributed by atoms with van der Waals surface area (Å²) < 4.78 is 5.50. The van der Waals surface area contributed by atoms with Crippen molar-refractivity contribution in [3.63, 3.8) is 0 Å². The summed E-state index contributed by atoms with van der Waals surface area (Å²) in [5.41, 5.74) is 0.873. The number of halogens is 1. The number of aromatic nitrogens is 2. The van der Waals surface area contributed by atoms with Gasteiger partial charge in [-0.15, -0.1) is 0 Å². The predicted octanol–water partition coefficient (Wildman–Crippen LogP) is 2.93. The Morgan fingerprint density at radius 2 is 2.14 bits per heavy atom. The van der Waals surface area contributed by atoms with Gasteiger partial charge in [-0.1, -0.05) is 18.5 Å². The molecule has 0 bridgehead atoms. The number of hydrogen-bond acceptors (Lipinski definition) is 3. The van der Waals surface area contributed by atoms with Crippen LogP contribution in [-0.2, 0) is 4.74 Å². The molecule has 0 aliphatic carbocycles. The summed E-state index contributed by atoms with van der Waals surface area (Å²) in [6.07, 6.45) is 0.811. The van der Waals surface area contributed by atoms with Gasteiger partial charge in [0.15, 0.2) is 5.82 Å². The predicted molar refractivity (Wildman–Crippen MR) is 56.4 cm³/mol. The van der Waals surface area contributed by atoms with Crippen LogP contribution in [0.25, 0.3) is 0 Å². The van der Waals surface area contributed by atoms with Gasteiger partial charge in [0.1, 0.15) is 11.3 Å². The first-order valence-corrected chi connectivity index (χ1v) is 5.17. The van der Waals surface area contributed by atoms with Gasteiger partial charge in [0.2, 0.25) is 0 Å². The first kappa shape index (κ1) is 11.4. The first-order valence-electron chi connectivity index (χ1n) is 4.80. The lowest BCUT2D eigenvalue weighted by molar-refractivity contribution is 0.0534. The van der Waals surface area contributed by atoms with E-state index in [0.717, 1.165) is 12.1 Å². The van der Waals surface area contributed by atoms with Gasteiger partial charge in [-0.2, -0.15) is 0 Å². The Kier molecular flexibility index (Phi) is 4.29. The van der Waals surface area contributed by atoms with Gasteiger partial charge < -0.3 is 4.74 Å². The fourth-order valence-corrected chi connectivity index (χ4v) is 1.52. The second-order valence-corrected chi connectivity index (χ2v) is 3.43. The van der Waals surface area contributed by atoms with Gasteiger partial charge in [-0.3, -0.25) is 0 Å². The van der Waals surface area contributed by atoms with E-state index in [4.69, 9.17) is 16.3 Å². The third kappa shape index (κ3) is 2.93. The summed E-state index contributed by atoms with van der Waals surface area (Å²) in [6.45, 7) is 6.56. The topological polar surface area (TPSA) is 35.0 Å². The highest BCUT2D eigenvalue weighted by Gasteiger charge is 2.13. The van der Waals surface area contributed by atoms with Crippen LogP contribution in [0.15, 0.2) is 6.07 Å². The average Bonchev–Trinajstić information content (AvgIpc) is 2.12. The third-order valence-corrected chi connectivity index (χ3v) is 2.06. The van der Waals surface area contributed by atoms with Gasteiger partial charge >= 0.3 is 0 Å². The lowest BCUT2D eigenvalue weighted by atomic mass is 10.2. The van der Waals surface area contributed by atoms with Crippen LogP contribution in [0.2, 0.25) is 5.15 Å². The van der Waals surface area contributed by atoms with Crippen molar-refractivity contribution >= 4 is 11.6 Å². The minimum atomic E-state index is -0.0441. The van der Waals surface area contributed by atoms with Gasteiger partial charge in [0, 0.05) is 12.3 Å². The molecule has 1 aromatic rings. The normalized spacial score (nSPS) is 12.9. The van der Waals surface area contributed by atoms with Crippen molar-refractivity contribution in [2.75, 3.05) is 6.61 Å². The van der Waals surface area contributed by atoms with Crippen LogP contribution in [0, 0.1) is 6.92 Å². The SMILES string of the molecule is CCOC(CC)c1nc(C)cc(Cl)n1. The number of hydrogen-bond donors (Lipinski definition) is 0. The molecule has 0 fully saturated rings. The zero-order chi connectivity index (χ0) is 10.6. The largest absolute Gasteiger partial charge is 0.371 e. The summed E-state index contributed by atoms with van der Waals surface area (Å²) in [5.74, 6) is 0.680. The van der Waals surface area contributed by atoms with E-state index in [0.29, 0.717) is 17.6 Å². The molecule has 14 heavy (non-hydrogen) atoms. The van der Waals surface area contributed by atoms with Crippen LogP contribution in [-0.4, -0.2) is 16.6 Å². The smallest absolute Gasteiger partial charge is 0.159 e. The zero-order valence-corrected chi connectivity index (χ0v) is 9.51. The lowest BCUT2D eigenvalue weighted by Crippen LogP contribution is -2.08. The van der Waals surface area contributed by atoms with Gasteiger partial charge in [0.05, 0.1) is 0 Å². The highest BCUT2D eigenvalue weighted by Crippen LogP contribution is 2.19. The Morgan fingerprint density at radius 3 is 2.64 bits per heavy atom. The molecule has 3 nitrogen and oxygen atoms in total. The van der Waals surface area contributed by atoms with Crippen LogP contribution in [0.3, 0.4) is 0 Å². The van der Waals surface area contributed by atoms with Crippen LogP contribution < -0.4 is 0 Å². The maximum atomic E-state index is 5.84. The molecule has 1 unspecified atom stereocenters. The molecule has 1 atom stereocenters. The maximum absolute atomic E-state index is 5.84. The lowest BCUT2D eigenvalue weighted by Gasteiger charge is -2.13. The molecule has 0 aliphatic rings. The molecule has 0 amide bonds. The van der Waals surface area contributed by atoms with E-state index in [1.54, 1.807) is 6.07 Å². The quantitative estimate of drug-likeness (QED) is 0.723. The second-order valence-electron chi connectivity index (χ2n) is 3.04. The van der Waals surface area contributed by atoms with E-state index in [2.05, 4.69) is 9.97 Å². The molecule has 0 saturated carbocycles. The van der Waals surface area contributed by atoms with Gasteiger partial charge in [-0.05, 0) is 26.3 Å². The monoisotopic (exact) mass is 214 g/mol. The van der Waals surface area contributed by atoms with Crippen molar-refractivity contribution in [1.82, 2.24) is 9.97 Å². The molecule has 0 spiro atoms. The highest BCUT2D eigenvalue weighted by molar-refractivity contribution is 6.29. The molecule has 0 saturated heterocycles. The average molecular weight is 215 g/mol. The van der Waals surface area contributed by atoms with E-state index in [1.165, 1.54) is 0 Å². The standard InChI is InChI=1S/C10H15ClN2O/c1-4-8(14-5-2)10-12-7(3)6-9(11)13-10/h6,8H,4-5H2,1-3H3. The number of rotatable bonds is 4. The highest BCUT2D eigenvalue weighted by atomic mass is 35.5. The van der Waals surface area contributed by atoms with Crippen molar-refractivity contribution < 1.29 is 4.74 Å². The third-order valence-electron chi connectivity index (χ3n) is 1.87. The fraction of sp³-hybridized carbons (Fsp3) is 0.600. The number of ether oxygens (including phenoxy) is 1. The van der Waals surface area contributed by atoms with E-state index < -0.39 is 0 Å². The van der Waals surface area contributed by atoms with Crippen LogP contribution in [0.1, 0.15) is 37.9 Å². The fourth-order valence-electron chi connectivity index (χ4n) is 1.27. The number of aryl methyl sites for hydroxylation is 1. The van der Waals surface area contributed by atoms with Gasteiger partial charge in [0.25, 0.3) is 0 Å². The van der Waals surface area contributed by atoms with Crippen LogP contribution >= 0.6 is 11.6 Å². The Hall–Kier alpha value is -0.670. The summed E-state index contributed by atoms with van der Waals surface area (Å²) in [4.78, 5) is 8.46. The molecular formula is C10H15ClN2O. The molecule has 0 aliphatic heterocycles. The van der Waals surface area contributed by atoms with Crippen molar-refractivity contribution in [3.8, 4) is 0 Å². The second kappa shape index (κ2) is 5.27. The summed E-state index contributed by atoms with van der Waals surface area (Å²) in [7, 11) is 0. The van der Waals surface area contributed by atoms with Crippen molar-refractivity contribution in [3.05, 3.63) is 22.7 Å². The number of nitrogens with zero attached hydrogens (tertiary/aromatic N) is 2. The van der Waals surface area contributed by atoms with E-state index >= 15 is 0 Å². The van der Waals surface area contributed by atoms with Crippen molar-refractivity contribution in [1.29, 1.82) is 0 Å². The molecule has 0 aromatic carbocycles. The van der Waals surface area contributed by atoms with E-state index in [1.807, 2.05) is 20.8 Å². The van der Waals surface area contributed by atoms with Crippen LogP contribution in [0.5, 0.6) is 0 Å². The maximum Gasteiger partial charge on any atom is 0.159 e. The van der Waals surface area contributed by atoms with E-state index in [-0.39, 0.29) is 6.10 Å². The Balaban J connectivity index is 2.91. The minimum Gasteiger partial charge on any atom is -0.371 e. The molecule has 1 heterocycles. The first-order chi connectivity index (χ1) is 6.67. The Bertz CT molecular complexity index is 284. The van der Waals surface area contributed by atoms with Gasteiger partial charge in [-0.25, -0.2) is 9.97 Å².